The fourth-order valence-electron chi connectivity index (χ4n) is 7.55. The molecule has 1 aromatic carbocycles. The lowest BCUT2D eigenvalue weighted by molar-refractivity contribution is -0.148. The fourth-order valence-corrected chi connectivity index (χ4v) is 7.96. The van der Waals surface area contributed by atoms with E-state index in [4.69, 9.17) is 18.9 Å². The summed E-state index contributed by atoms with van der Waals surface area (Å²) in [7, 11) is 1.95. The minimum absolute atomic E-state index is 0.00394. The number of hydrogen-bond donors (Lipinski definition) is 3. The summed E-state index contributed by atoms with van der Waals surface area (Å²) in [6.07, 6.45) is 7.60. The highest BCUT2D eigenvalue weighted by molar-refractivity contribution is 7.88. The maximum Gasteiger partial charge on any atom is 0.332 e. The third kappa shape index (κ3) is 11.0. The monoisotopic (exact) mass is 842 g/mol. The predicted molar refractivity (Wildman–Crippen MR) is 218 cm³/mol. The maximum absolute atomic E-state index is 14.8. The number of allylic oxidation sites excluding steroid dienone is 1. The van der Waals surface area contributed by atoms with Crippen LogP contribution in [-0.2, 0) is 45.1 Å². The molecule has 1 aliphatic carbocycles. The number of rotatable bonds is 11. The van der Waals surface area contributed by atoms with Gasteiger partial charge >= 0.3 is 18.0 Å². The first kappa shape index (κ1) is 45.1. The van der Waals surface area contributed by atoms with Crippen LogP contribution in [0.4, 0.5) is 4.79 Å². The largest absolute Gasteiger partial charge is 0.497 e. The first-order valence-corrected chi connectivity index (χ1v) is 21.7. The van der Waals surface area contributed by atoms with E-state index in [-0.39, 0.29) is 38.3 Å². The van der Waals surface area contributed by atoms with Crippen LogP contribution in [0.3, 0.4) is 0 Å². The lowest BCUT2D eigenvalue weighted by Gasteiger charge is -2.35. The Morgan fingerprint density at radius 3 is 2.49 bits per heavy atom. The van der Waals surface area contributed by atoms with E-state index in [1.807, 2.05) is 32.9 Å². The number of fused-ring (bicyclic) bond motifs is 3. The zero-order valence-electron chi connectivity index (χ0n) is 35.2. The molecule has 5 rings (SSSR count). The van der Waals surface area contributed by atoms with Gasteiger partial charge in [-0.2, -0.15) is 0 Å². The van der Waals surface area contributed by atoms with Gasteiger partial charge in [-0.05, 0) is 43.2 Å². The van der Waals surface area contributed by atoms with Crippen LogP contribution in [0.2, 0.25) is 0 Å². The van der Waals surface area contributed by atoms with Crippen molar-refractivity contribution >= 4 is 50.7 Å². The molecule has 0 radical (unpaired) electrons. The molecule has 3 aliphatic rings. The number of likely N-dealkylation sites (N-methyl/N-ethyl adjacent to an activating group) is 1. The number of hydrogen-bond acceptors (Lipinski definition) is 12. The number of amides is 4. The molecule has 4 amide bonds. The van der Waals surface area contributed by atoms with Crippen molar-refractivity contribution in [3.63, 3.8) is 0 Å². The lowest BCUT2D eigenvalue weighted by atomic mass is 9.87. The number of carbonyl (C=O) groups is 5. The molecule has 0 bridgehead atoms. The molecule has 3 heterocycles. The Morgan fingerprint density at radius 1 is 1.08 bits per heavy atom. The van der Waals surface area contributed by atoms with Crippen molar-refractivity contribution < 1.29 is 51.3 Å². The summed E-state index contributed by atoms with van der Waals surface area (Å²) in [6.45, 7) is 5.56. The van der Waals surface area contributed by atoms with Crippen LogP contribution in [0.25, 0.3) is 10.9 Å². The molecule has 1 saturated heterocycles. The van der Waals surface area contributed by atoms with Crippen molar-refractivity contribution in [2.24, 2.45) is 11.3 Å². The zero-order chi connectivity index (χ0) is 43.3. The molecule has 2 fully saturated rings. The van der Waals surface area contributed by atoms with Gasteiger partial charge in [0.15, 0.2) is 0 Å². The molecule has 59 heavy (non-hydrogen) atoms. The summed E-state index contributed by atoms with van der Waals surface area (Å²) in [4.78, 5) is 74.4. The highest BCUT2D eigenvalue weighted by Gasteiger charge is 2.62. The number of benzene rings is 1. The Bertz CT molecular complexity index is 2050. The molecule has 324 valence electrons. The highest BCUT2D eigenvalue weighted by atomic mass is 32.2. The average molecular weight is 843 g/mol. The van der Waals surface area contributed by atoms with Gasteiger partial charge in [0.05, 0.1) is 51.8 Å². The summed E-state index contributed by atoms with van der Waals surface area (Å²) < 4.78 is 47.7. The number of nitrogens with zero attached hydrogens (tertiary/aromatic N) is 3. The lowest BCUT2D eigenvalue weighted by Crippen LogP contribution is -2.59. The van der Waals surface area contributed by atoms with Crippen molar-refractivity contribution in [1.82, 2.24) is 30.1 Å². The van der Waals surface area contributed by atoms with Crippen LogP contribution in [0.15, 0.2) is 36.4 Å². The summed E-state index contributed by atoms with van der Waals surface area (Å²) >= 11 is 0. The van der Waals surface area contributed by atoms with E-state index in [1.165, 1.54) is 33.3 Å². The van der Waals surface area contributed by atoms with Gasteiger partial charge in [0.2, 0.25) is 21.8 Å². The number of urea groups is 1. The minimum atomic E-state index is -3.55. The van der Waals surface area contributed by atoms with Crippen LogP contribution in [0.1, 0.15) is 71.4 Å². The van der Waals surface area contributed by atoms with E-state index in [9.17, 15) is 32.4 Å². The summed E-state index contributed by atoms with van der Waals surface area (Å²) in [5, 5.41) is 9.28. The molecule has 18 heteroatoms. The van der Waals surface area contributed by atoms with Gasteiger partial charge in [0.25, 0.3) is 0 Å². The third-order valence-electron chi connectivity index (χ3n) is 11.3. The Labute approximate surface area is 345 Å². The van der Waals surface area contributed by atoms with Crippen LogP contribution in [-0.4, -0.2) is 130 Å². The van der Waals surface area contributed by atoms with E-state index in [0.717, 1.165) is 29.8 Å². The third-order valence-corrected chi connectivity index (χ3v) is 12.6. The SMILES string of the molecule is COC(=O)Cc1cc(O[C@@H]2C[C@H]3C(=O)N[C@]4(C(=O)OC)CC4/C=C\CCCCC[C@H](NC(=O)N[C@H](CN(C)S(C)(=O)=O)C(C)(C)C)C(=O)N3C2)c2ccc(OC)cc2n1. The van der Waals surface area contributed by atoms with Gasteiger partial charge in [-0.25, -0.2) is 22.3 Å². The van der Waals surface area contributed by atoms with Gasteiger partial charge in [-0.3, -0.25) is 19.4 Å². The van der Waals surface area contributed by atoms with Crippen molar-refractivity contribution in [2.75, 3.05) is 47.7 Å². The number of carbonyl (C=O) groups excluding carboxylic acids is 5. The van der Waals surface area contributed by atoms with Crippen LogP contribution in [0.5, 0.6) is 11.5 Å². The molecule has 1 saturated carbocycles. The standard InChI is InChI=1S/C41H58N6O11S/c1-40(2,3)34(24-46(4)59(8,53)54)44-39(52)43-30-15-13-11-9-10-12-14-25-22-41(25,38(51)57-7)45-36(49)32-21-28(23-47(32)37(30)50)58-33-18-26(19-35(48)56-6)42-31-20-27(55-5)16-17-29(31)33/h12,14,16-18,20,25,28,30,32,34H,9-11,13,15,19,21-24H2,1-8H3,(H,45,49)(H2,43,44,52)/b14-12-/t25?,28-,30+,32+,34-,41-/m1/s1. The van der Waals surface area contributed by atoms with Gasteiger partial charge in [-0.15, -0.1) is 0 Å². The van der Waals surface area contributed by atoms with Crippen molar-refractivity contribution in [1.29, 1.82) is 0 Å². The van der Waals surface area contributed by atoms with E-state index in [0.29, 0.717) is 40.9 Å². The molecular formula is C41H58N6O11S. The quantitative estimate of drug-likeness (QED) is 0.220. The first-order chi connectivity index (χ1) is 27.8. The molecule has 3 N–H and O–H groups in total. The predicted octanol–water partition coefficient (Wildman–Crippen LogP) is 2.85. The number of pyridine rings is 1. The second kappa shape index (κ2) is 18.5. The van der Waals surface area contributed by atoms with Gasteiger partial charge in [-0.1, -0.05) is 45.8 Å². The summed E-state index contributed by atoms with van der Waals surface area (Å²) in [5.41, 5.74) is -0.999. The minimum Gasteiger partial charge on any atom is -0.497 e. The Balaban J connectivity index is 1.49. The molecule has 6 atom stereocenters. The summed E-state index contributed by atoms with van der Waals surface area (Å²) in [6, 6.07) is 3.37. The second-order valence-electron chi connectivity index (χ2n) is 16.7. The molecular weight excluding hydrogens is 785 g/mol. The normalized spacial score (nSPS) is 25.0. The Kier molecular flexibility index (Phi) is 14.2. The van der Waals surface area contributed by atoms with Crippen LogP contribution < -0.4 is 25.4 Å². The molecule has 0 spiro atoms. The van der Waals surface area contributed by atoms with Crippen molar-refractivity contribution in [3.05, 3.63) is 42.1 Å². The second-order valence-corrected chi connectivity index (χ2v) is 18.8. The van der Waals surface area contributed by atoms with E-state index in [2.05, 4.69) is 20.9 Å². The van der Waals surface area contributed by atoms with Gasteiger partial charge < -0.3 is 39.8 Å². The number of esters is 2. The average Bonchev–Trinajstić information content (AvgIpc) is 3.70. The zero-order valence-corrected chi connectivity index (χ0v) is 36.0. The number of nitrogens with one attached hydrogen (secondary N) is 3. The highest BCUT2D eigenvalue weighted by Crippen LogP contribution is 2.46. The van der Waals surface area contributed by atoms with E-state index < -0.39 is 75.0 Å². The van der Waals surface area contributed by atoms with E-state index in [1.54, 1.807) is 24.3 Å². The fraction of sp³-hybridized carbons (Fsp3) is 0.610. The van der Waals surface area contributed by atoms with Crippen molar-refractivity contribution in [2.45, 2.75) is 102 Å². The molecule has 1 unspecified atom stereocenters. The molecule has 1 aromatic heterocycles. The van der Waals surface area contributed by atoms with Gasteiger partial charge in [0, 0.05) is 49.5 Å². The first-order valence-electron chi connectivity index (χ1n) is 19.9. The molecule has 2 aliphatic heterocycles. The topological polar surface area (TPSA) is 212 Å². The van der Waals surface area contributed by atoms with Crippen LogP contribution >= 0.6 is 0 Å². The number of ether oxygens (including phenoxy) is 4. The van der Waals surface area contributed by atoms with E-state index >= 15 is 0 Å². The number of methoxy groups -OCH3 is 3. The maximum atomic E-state index is 14.8. The van der Waals surface area contributed by atoms with Crippen LogP contribution in [0, 0.1) is 11.3 Å². The molecule has 2 aromatic rings. The number of sulfonamides is 1. The Hall–Kier alpha value is -4.97. The number of aromatic nitrogens is 1. The van der Waals surface area contributed by atoms with Gasteiger partial charge in [0.1, 0.15) is 35.2 Å². The van der Waals surface area contributed by atoms with Crippen molar-refractivity contribution in [3.8, 4) is 11.5 Å². The summed E-state index contributed by atoms with van der Waals surface area (Å²) in [5.74, 6) is -1.58. The molecule has 17 nitrogen and oxygen atoms in total. The Morgan fingerprint density at radius 2 is 1.83 bits per heavy atom. The smallest absolute Gasteiger partial charge is 0.332 e.